The lowest BCUT2D eigenvalue weighted by molar-refractivity contribution is 0.272. The maximum absolute atomic E-state index is 3.22. The molecule has 0 bridgehead atoms. The fourth-order valence-electron chi connectivity index (χ4n) is 2.07. The molecule has 2 nitrogen and oxygen atoms in total. The second kappa shape index (κ2) is 9.20. The van der Waals surface area contributed by atoms with Gasteiger partial charge >= 0.3 is 0 Å². The van der Waals surface area contributed by atoms with Crippen molar-refractivity contribution in [3.05, 3.63) is 35.9 Å². The minimum absolute atomic E-state index is 1.09. The molecule has 0 aliphatic heterocycles. The van der Waals surface area contributed by atoms with Crippen LogP contribution in [0.15, 0.2) is 30.3 Å². The summed E-state index contributed by atoms with van der Waals surface area (Å²) in [7, 11) is 2.02. The predicted octanol–water partition coefficient (Wildman–Crippen LogP) is 2.55. The standard InChI is InChI=1S/C15H26N2/c1-3-12-17(14-11-16-2)13-7-10-15-8-5-4-6-9-15/h4-6,8-9,16H,3,7,10-14H2,1-2H3. The van der Waals surface area contributed by atoms with Gasteiger partial charge in [0.25, 0.3) is 0 Å². The number of benzene rings is 1. The van der Waals surface area contributed by atoms with Gasteiger partial charge in [0.05, 0.1) is 0 Å². The van der Waals surface area contributed by atoms with Crippen LogP contribution in [0.3, 0.4) is 0 Å². The zero-order valence-corrected chi connectivity index (χ0v) is 11.3. The van der Waals surface area contributed by atoms with E-state index in [1.807, 2.05) is 7.05 Å². The van der Waals surface area contributed by atoms with E-state index < -0.39 is 0 Å². The van der Waals surface area contributed by atoms with Crippen molar-refractivity contribution in [2.24, 2.45) is 0 Å². The Labute approximate surface area is 106 Å². The molecular weight excluding hydrogens is 208 g/mol. The van der Waals surface area contributed by atoms with Crippen molar-refractivity contribution in [1.29, 1.82) is 0 Å². The van der Waals surface area contributed by atoms with Gasteiger partial charge in [0.1, 0.15) is 0 Å². The van der Waals surface area contributed by atoms with E-state index in [9.17, 15) is 0 Å². The van der Waals surface area contributed by atoms with Crippen molar-refractivity contribution >= 4 is 0 Å². The van der Waals surface area contributed by atoms with Gasteiger partial charge in [-0.3, -0.25) is 0 Å². The van der Waals surface area contributed by atoms with Gasteiger partial charge in [-0.1, -0.05) is 37.3 Å². The molecule has 1 rings (SSSR count). The van der Waals surface area contributed by atoms with Crippen LogP contribution in [0.4, 0.5) is 0 Å². The van der Waals surface area contributed by atoms with Crippen LogP contribution in [-0.4, -0.2) is 38.1 Å². The minimum Gasteiger partial charge on any atom is -0.318 e. The zero-order valence-electron chi connectivity index (χ0n) is 11.3. The Morgan fingerprint density at radius 3 is 2.47 bits per heavy atom. The monoisotopic (exact) mass is 234 g/mol. The van der Waals surface area contributed by atoms with E-state index in [0.717, 1.165) is 6.54 Å². The summed E-state index contributed by atoms with van der Waals surface area (Å²) in [4.78, 5) is 2.56. The molecule has 1 N–H and O–H groups in total. The molecule has 0 aliphatic carbocycles. The summed E-state index contributed by atoms with van der Waals surface area (Å²) in [6.07, 6.45) is 3.70. The quantitative estimate of drug-likeness (QED) is 0.706. The van der Waals surface area contributed by atoms with E-state index in [1.165, 1.54) is 44.5 Å². The van der Waals surface area contributed by atoms with Crippen LogP contribution in [-0.2, 0) is 6.42 Å². The Morgan fingerprint density at radius 1 is 1.06 bits per heavy atom. The highest BCUT2D eigenvalue weighted by Gasteiger charge is 2.02. The van der Waals surface area contributed by atoms with Crippen LogP contribution in [0.5, 0.6) is 0 Å². The molecule has 0 heterocycles. The number of nitrogens with zero attached hydrogens (tertiary/aromatic N) is 1. The van der Waals surface area contributed by atoms with Gasteiger partial charge in [-0.15, -0.1) is 0 Å². The zero-order chi connectivity index (χ0) is 12.3. The molecule has 0 saturated carbocycles. The second-order valence-corrected chi connectivity index (χ2v) is 4.53. The summed E-state index contributed by atoms with van der Waals surface area (Å²) in [6, 6.07) is 10.8. The largest absolute Gasteiger partial charge is 0.318 e. The SMILES string of the molecule is CCCN(CCCc1ccccc1)CCNC. The summed E-state index contributed by atoms with van der Waals surface area (Å²) >= 11 is 0. The third kappa shape index (κ3) is 6.44. The summed E-state index contributed by atoms with van der Waals surface area (Å²) in [5.74, 6) is 0. The Bertz CT molecular complexity index is 272. The summed E-state index contributed by atoms with van der Waals surface area (Å²) in [5, 5.41) is 3.22. The molecule has 0 spiro atoms. The van der Waals surface area contributed by atoms with E-state index in [4.69, 9.17) is 0 Å². The number of nitrogens with one attached hydrogen (secondary N) is 1. The highest BCUT2D eigenvalue weighted by molar-refractivity contribution is 5.14. The molecule has 0 fully saturated rings. The number of aryl methyl sites for hydroxylation is 1. The Morgan fingerprint density at radius 2 is 1.82 bits per heavy atom. The fraction of sp³-hybridized carbons (Fsp3) is 0.600. The van der Waals surface area contributed by atoms with Gasteiger partial charge in [-0.2, -0.15) is 0 Å². The maximum atomic E-state index is 3.22. The highest BCUT2D eigenvalue weighted by Crippen LogP contribution is 2.03. The first kappa shape index (κ1) is 14.2. The van der Waals surface area contributed by atoms with Crippen molar-refractivity contribution in [1.82, 2.24) is 10.2 Å². The van der Waals surface area contributed by atoms with Crippen LogP contribution >= 0.6 is 0 Å². The Kier molecular flexibility index (Phi) is 7.69. The molecule has 96 valence electrons. The second-order valence-electron chi connectivity index (χ2n) is 4.53. The van der Waals surface area contributed by atoms with Crippen LogP contribution in [0.2, 0.25) is 0 Å². The van der Waals surface area contributed by atoms with Crippen molar-refractivity contribution in [2.45, 2.75) is 26.2 Å². The average Bonchev–Trinajstić information content (AvgIpc) is 2.37. The number of hydrogen-bond donors (Lipinski definition) is 1. The van der Waals surface area contributed by atoms with E-state index >= 15 is 0 Å². The normalized spacial score (nSPS) is 11.0. The van der Waals surface area contributed by atoms with E-state index in [-0.39, 0.29) is 0 Å². The molecular formula is C15H26N2. The van der Waals surface area contributed by atoms with E-state index in [0.29, 0.717) is 0 Å². The number of hydrogen-bond acceptors (Lipinski definition) is 2. The molecule has 0 saturated heterocycles. The van der Waals surface area contributed by atoms with Crippen molar-refractivity contribution in [3.63, 3.8) is 0 Å². The van der Waals surface area contributed by atoms with Crippen LogP contribution in [0.1, 0.15) is 25.3 Å². The lowest BCUT2D eigenvalue weighted by Gasteiger charge is -2.21. The third-order valence-electron chi connectivity index (χ3n) is 3.00. The molecule has 0 atom stereocenters. The lowest BCUT2D eigenvalue weighted by atomic mass is 10.1. The molecule has 1 aromatic carbocycles. The van der Waals surface area contributed by atoms with Crippen molar-refractivity contribution < 1.29 is 0 Å². The minimum atomic E-state index is 1.09. The molecule has 2 heteroatoms. The van der Waals surface area contributed by atoms with Gasteiger partial charge < -0.3 is 10.2 Å². The van der Waals surface area contributed by atoms with Crippen LogP contribution in [0.25, 0.3) is 0 Å². The summed E-state index contributed by atoms with van der Waals surface area (Å²) < 4.78 is 0. The first-order valence-corrected chi connectivity index (χ1v) is 6.77. The first-order valence-electron chi connectivity index (χ1n) is 6.77. The third-order valence-corrected chi connectivity index (χ3v) is 3.00. The van der Waals surface area contributed by atoms with E-state index in [2.05, 4.69) is 47.5 Å². The molecule has 0 radical (unpaired) electrons. The predicted molar refractivity (Wildman–Crippen MR) is 75.4 cm³/mol. The van der Waals surface area contributed by atoms with Crippen LogP contribution in [0, 0.1) is 0 Å². The lowest BCUT2D eigenvalue weighted by Crippen LogP contribution is -2.32. The van der Waals surface area contributed by atoms with Crippen LogP contribution < -0.4 is 5.32 Å². The fourth-order valence-corrected chi connectivity index (χ4v) is 2.07. The molecule has 0 amide bonds. The molecule has 17 heavy (non-hydrogen) atoms. The summed E-state index contributed by atoms with van der Waals surface area (Å²) in [6.45, 7) is 6.94. The average molecular weight is 234 g/mol. The first-order chi connectivity index (χ1) is 8.36. The van der Waals surface area contributed by atoms with Gasteiger partial charge in [0, 0.05) is 13.1 Å². The molecule has 0 aliphatic rings. The topological polar surface area (TPSA) is 15.3 Å². The van der Waals surface area contributed by atoms with E-state index in [1.54, 1.807) is 0 Å². The number of rotatable bonds is 9. The smallest absolute Gasteiger partial charge is 0.0107 e. The molecule has 1 aromatic rings. The van der Waals surface area contributed by atoms with Gasteiger partial charge in [-0.25, -0.2) is 0 Å². The molecule has 0 aromatic heterocycles. The molecule has 0 unspecified atom stereocenters. The van der Waals surface area contributed by atoms with Gasteiger partial charge in [0.2, 0.25) is 0 Å². The summed E-state index contributed by atoms with van der Waals surface area (Å²) in [5.41, 5.74) is 1.46. The maximum Gasteiger partial charge on any atom is 0.0107 e. The Balaban J connectivity index is 2.22. The van der Waals surface area contributed by atoms with Crippen molar-refractivity contribution in [3.8, 4) is 0 Å². The van der Waals surface area contributed by atoms with Gasteiger partial charge in [0.15, 0.2) is 0 Å². The van der Waals surface area contributed by atoms with Gasteiger partial charge in [-0.05, 0) is 45.0 Å². The Hall–Kier alpha value is -0.860. The van der Waals surface area contributed by atoms with Crippen molar-refractivity contribution in [2.75, 3.05) is 33.2 Å². The number of likely N-dealkylation sites (N-methyl/N-ethyl adjacent to an activating group) is 1. The highest BCUT2D eigenvalue weighted by atomic mass is 15.1.